The van der Waals surface area contributed by atoms with Gasteiger partial charge in [0, 0.05) is 29.7 Å². The molecule has 7 heteroatoms. The van der Waals surface area contributed by atoms with Crippen molar-refractivity contribution in [2.45, 2.75) is 50.1 Å². The molecule has 144 valence electrons. The summed E-state index contributed by atoms with van der Waals surface area (Å²) in [5.74, 6) is 0.808. The highest BCUT2D eigenvalue weighted by Crippen LogP contribution is 2.41. The zero-order valence-corrected chi connectivity index (χ0v) is 17.0. The van der Waals surface area contributed by atoms with E-state index in [1.54, 1.807) is 12.4 Å². The highest BCUT2D eigenvalue weighted by molar-refractivity contribution is 8.00. The van der Waals surface area contributed by atoms with Gasteiger partial charge in [0.15, 0.2) is 11.0 Å². The Kier molecular flexibility index (Phi) is 5.17. The van der Waals surface area contributed by atoms with Gasteiger partial charge in [-0.15, -0.1) is 10.2 Å². The molecule has 0 spiro atoms. The van der Waals surface area contributed by atoms with E-state index in [1.165, 1.54) is 17.3 Å². The summed E-state index contributed by atoms with van der Waals surface area (Å²) in [5, 5.41) is 12.3. The summed E-state index contributed by atoms with van der Waals surface area (Å²) >= 11 is 1.45. The van der Waals surface area contributed by atoms with E-state index >= 15 is 0 Å². The standard InChI is InChI=1S/C21H23N5OS/c1-13-4-7-18(14(2)12-13)23-20(27)15(3)28-21-25-24-19(26(21)17-5-6-17)16-8-10-22-11-9-16/h4,7-12,15,17H,5-6H2,1-3H3,(H,23,27)/t15-/m1/s1. The van der Waals surface area contributed by atoms with Gasteiger partial charge in [-0.25, -0.2) is 0 Å². The Balaban J connectivity index is 1.52. The molecule has 0 aliphatic heterocycles. The van der Waals surface area contributed by atoms with Gasteiger partial charge in [0.2, 0.25) is 5.91 Å². The van der Waals surface area contributed by atoms with Crippen molar-refractivity contribution in [3.05, 3.63) is 53.9 Å². The number of nitrogens with zero attached hydrogens (tertiary/aromatic N) is 4. The number of nitrogens with one attached hydrogen (secondary N) is 1. The first kappa shape index (κ1) is 18.7. The summed E-state index contributed by atoms with van der Waals surface area (Å²) in [6.45, 7) is 5.95. The van der Waals surface area contributed by atoms with Crippen molar-refractivity contribution in [3.8, 4) is 11.4 Å². The fourth-order valence-electron chi connectivity index (χ4n) is 3.12. The molecule has 2 aromatic heterocycles. The summed E-state index contributed by atoms with van der Waals surface area (Å²) in [6.07, 6.45) is 5.75. The molecule has 1 atom stereocenters. The van der Waals surface area contributed by atoms with Crippen LogP contribution in [0.4, 0.5) is 5.69 Å². The third kappa shape index (κ3) is 3.94. The minimum Gasteiger partial charge on any atom is -0.325 e. The van der Waals surface area contributed by atoms with Crippen LogP contribution in [-0.4, -0.2) is 30.9 Å². The van der Waals surface area contributed by atoms with Gasteiger partial charge in [-0.05, 0) is 57.4 Å². The lowest BCUT2D eigenvalue weighted by Crippen LogP contribution is -2.23. The van der Waals surface area contributed by atoms with Crippen LogP contribution in [0.2, 0.25) is 0 Å². The molecule has 1 aromatic carbocycles. The van der Waals surface area contributed by atoms with Crippen LogP contribution in [0.1, 0.15) is 36.9 Å². The first-order valence-corrected chi connectivity index (χ1v) is 10.3. The number of thioether (sulfide) groups is 1. The lowest BCUT2D eigenvalue weighted by atomic mass is 10.1. The Morgan fingerprint density at radius 1 is 1.18 bits per heavy atom. The smallest absolute Gasteiger partial charge is 0.237 e. The van der Waals surface area contributed by atoms with Crippen molar-refractivity contribution in [3.63, 3.8) is 0 Å². The van der Waals surface area contributed by atoms with Gasteiger partial charge in [-0.3, -0.25) is 14.3 Å². The third-order valence-corrected chi connectivity index (χ3v) is 5.86. The van der Waals surface area contributed by atoms with Crippen LogP contribution in [0.15, 0.2) is 47.9 Å². The first-order valence-electron chi connectivity index (χ1n) is 9.43. The SMILES string of the molecule is Cc1ccc(NC(=O)[C@@H](C)Sc2nnc(-c3ccncc3)n2C2CC2)c(C)c1. The predicted molar refractivity (Wildman–Crippen MR) is 111 cm³/mol. The van der Waals surface area contributed by atoms with E-state index in [9.17, 15) is 4.79 Å². The highest BCUT2D eigenvalue weighted by Gasteiger charge is 2.31. The molecule has 1 saturated carbocycles. The minimum atomic E-state index is -0.285. The highest BCUT2D eigenvalue weighted by atomic mass is 32.2. The first-order chi connectivity index (χ1) is 13.5. The Morgan fingerprint density at radius 2 is 1.93 bits per heavy atom. The maximum absolute atomic E-state index is 12.7. The largest absolute Gasteiger partial charge is 0.325 e. The maximum atomic E-state index is 12.7. The van der Waals surface area contributed by atoms with Crippen LogP contribution >= 0.6 is 11.8 Å². The van der Waals surface area contributed by atoms with Gasteiger partial charge in [0.1, 0.15) is 0 Å². The fourth-order valence-corrected chi connectivity index (χ4v) is 4.04. The molecular weight excluding hydrogens is 370 g/mol. The van der Waals surface area contributed by atoms with E-state index in [4.69, 9.17) is 0 Å². The van der Waals surface area contributed by atoms with Crippen LogP contribution in [-0.2, 0) is 4.79 Å². The Labute approximate surface area is 168 Å². The number of aryl methyl sites for hydroxylation is 2. The number of hydrogen-bond acceptors (Lipinski definition) is 5. The van der Waals surface area contributed by atoms with Crippen LogP contribution in [0.3, 0.4) is 0 Å². The second kappa shape index (κ2) is 7.75. The summed E-state index contributed by atoms with van der Waals surface area (Å²) in [5.41, 5.74) is 4.09. The number of pyridine rings is 1. The summed E-state index contributed by atoms with van der Waals surface area (Å²) in [7, 11) is 0. The van der Waals surface area contributed by atoms with Gasteiger partial charge < -0.3 is 5.32 Å². The van der Waals surface area contributed by atoms with Crippen LogP contribution < -0.4 is 5.32 Å². The van der Waals surface area contributed by atoms with Gasteiger partial charge in [-0.1, -0.05) is 29.5 Å². The number of aromatic nitrogens is 4. The molecule has 1 N–H and O–H groups in total. The van der Waals surface area contributed by atoms with E-state index < -0.39 is 0 Å². The average Bonchev–Trinajstić information content (AvgIpc) is 3.44. The number of carbonyl (C=O) groups excluding carboxylic acids is 1. The van der Waals surface area contributed by atoms with E-state index in [0.29, 0.717) is 6.04 Å². The number of amides is 1. The number of benzene rings is 1. The summed E-state index contributed by atoms with van der Waals surface area (Å²) in [4.78, 5) is 16.8. The molecule has 4 rings (SSSR count). The topological polar surface area (TPSA) is 72.7 Å². The van der Waals surface area contributed by atoms with E-state index in [0.717, 1.165) is 40.6 Å². The molecule has 1 fully saturated rings. The molecule has 1 amide bonds. The van der Waals surface area contributed by atoms with E-state index in [2.05, 4.69) is 31.1 Å². The van der Waals surface area contributed by atoms with E-state index in [1.807, 2.05) is 45.0 Å². The normalized spacial score (nSPS) is 14.7. The predicted octanol–water partition coefficient (Wildman–Crippen LogP) is 4.41. The summed E-state index contributed by atoms with van der Waals surface area (Å²) in [6, 6.07) is 10.3. The Bertz CT molecular complexity index is 997. The number of rotatable bonds is 6. The van der Waals surface area contributed by atoms with Gasteiger partial charge >= 0.3 is 0 Å². The molecule has 1 aliphatic carbocycles. The van der Waals surface area contributed by atoms with Crippen LogP contribution in [0, 0.1) is 13.8 Å². The molecule has 6 nitrogen and oxygen atoms in total. The fraction of sp³-hybridized carbons (Fsp3) is 0.333. The van der Waals surface area contributed by atoms with E-state index in [-0.39, 0.29) is 11.2 Å². The third-order valence-electron chi connectivity index (χ3n) is 4.81. The molecule has 0 saturated heterocycles. The monoisotopic (exact) mass is 393 g/mol. The maximum Gasteiger partial charge on any atom is 0.237 e. The number of hydrogen-bond donors (Lipinski definition) is 1. The number of carbonyl (C=O) groups is 1. The van der Waals surface area contributed by atoms with Crippen LogP contribution in [0.5, 0.6) is 0 Å². The second-order valence-electron chi connectivity index (χ2n) is 7.21. The van der Waals surface area contributed by atoms with Crippen molar-refractivity contribution < 1.29 is 4.79 Å². The second-order valence-corrected chi connectivity index (χ2v) is 8.52. The molecular formula is C21H23N5OS. The van der Waals surface area contributed by atoms with Crippen LogP contribution in [0.25, 0.3) is 11.4 Å². The number of anilines is 1. The zero-order valence-electron chi connectivity index (χ0n) is 16.2. The summed E-state index contributed by atoms with van der Waals surface area (Å²) < 4.78 is 2.17. The van der Waals surface area contributed by atoms with Crippen molar-refractivity contribution in [1.29, 1.82) is 0 Å². The molecule has 2 heterocycles. The van der Waals surface area contributed by atoms with Gasteiger partial charge in [0.05, 0.1) is 5.25 Å². The molecule has 1 aliphatic rings. The van der Waals surface area contributed by atoms with Crippen molar-refractivity contribution in [1.82, 2.24) is 19.7 Å². The van der Waals surface area contributed by atoms with Crippen molar-refractivity contribution in [2.24, 2.45) is 0 Å². The van der Waals surface area contributed by atoms with Gasteiger partial charge in [-0.2, -0.15) is 0 Å². The molecule has 28 heavy (non-hydrogen) atoms. The quantitative estimate of drug-likeness (QED) is 0.628. The lowest BCUT2D eigenvalue weighted by Gasteiger charge is -2.14. The minimum absolute atomic E-state index is 0.0345. The Hall–Kier alpha value is -2.67. The average molecular weight is 394 g/mol. The molecule has 0 radical (unpaired) electrons. The lowest BCUT2D eigenvalue weighted by molar-refractivity contribution is -0.115. The van der Waals surface area contributed by atoms with Crippen molar-refractivity contribution >= 4 is 23.4 Å². The van der Waals surface area contributed by atoms with Crippen molar-refractivity contribution in [2.75, 3.05) is 5.32 Å². The molecule has 0 unspecified atom stereocenters. The molecule has 3 aromatic rings. The Morgan fingerprint density at radius 3 is 2.61 bits per heavy atom. The molecule has 0 bridgehead atoms. The zero-order chi connectivity index (χ0) is 19.7. The van der Waals surface area contributed by atoms with Gasteiger partial charge in [0.25, 0.3) is 0 Å².